The molecule has 0 atom stereocenters. The van der Waals surface area contributed by atoms with Gasteiger partial charge in [-0.25, -0.2) is 4.79 Å². The molecule has 1 N–H and O–H groups in total. The summed E-state index contributed by atoms with van der Waals surface area (Å²) in [6, 6.07) is 0. The molecule has 0 bridgehead atoms. The van der Waals surface area contributed by atoms with Crippen molar-refractivity contribution in [1.82, 2.24) is 5.48 Å². The molecular formula is C8H15NO2. The maximum atomic E-state index is 10.9. The summed E-state index contributed by atoms with van der Waals surface area (Å²) in [6.07, 6.45) is 1.62. The second kappa shape index (κ2) is 5.92. The van der Waals surface area contributed by atoms with E-state index in [1.165, 1.54) is 0 Å². The molecule has 0 spiro atoms. The van der Waals surface area contributed by atoms with E-state index in [9.17, 15) is 4.79 Å². The van der Waals surface area contributed by atoms with Crippen molar-refractivity contribution in [2.45, 2.75) is 26.7 Å². The van der Waals surface area contributed by atoms with Crippen molar-refractivity contribution in [3.8, 4) is 0 Å². The maximum Gasteiger partial charge on any atom is 0.352 e. The number of carbonyl (C=O) groups excluding carboxylic acids is 1. The average molecular weight is 157 g/mol. The summed E-state index contributed by atoms with van der Waals surface area (Å²) in [5.41, 5.74) is 3.00. The van der Waals surface area contributed by atoms with Gasteiger partial charge in [0.05, 0.1) is 0 Å². The molecule has 0 rings (SSSR count). The van der Waals surface area contributed by atoms with Crippen LogP contribution in [0.15, 0.2) is 12.2 Å². The van der Waals surface area contributed by atoms with Crippen molar-refractivity contribution in [1.29, 1.82) is 0 Å². The molecule has 3 nitrogen and oxygen atoms in total. The van der Waals surface area contributed by atoms with Crippen LogP contribution < -0.4 is 5.48 Å². The third kappa shape index (κ3) is 4.56. The summed E-state index contributed by atoms with van der Waals surface area (Å²) in [5, 5.41) is 0. The molecule has 3 heteroatoms. The van der Waals surface area contributed by atoms with Gasteiger partial charge in [-0.05, 0) is 13.3 Å². The molecule has 0 radical (unpaired) electrons. The van der Waals surface area contributed by atoms with Gasteiger partial charge in [-0.2, -0.15) is 5.48 Å². The van der Waals surface area contributed by atoms with E-state index in [0.29, 0.717) is 18.5 Å². The fourth-order valence-electron chi connectivity index (χ4n) is 0.614. The van der Waals surface area contributed by atoms with Gasteiger partial charge in [0, 0.05) is 12.1 Å². The van der Waals surface area contributed by atoms with Crippen LogP contribution in [0.1, 0.15) is 26.7 Å². The van der Waals surface area contributed by atoms with Crippen LogP contribution in [-0.2, 0) is 9.63 Å². The normalized spacial score (nSPS) is 9.27. The van der Waals surface area contributed by atoms with E-state index < -0.39 is 0 Å². The van der Waals surface area contributed by atoms with E-state index in [1.807, 2.05) is 13.8 Å². The van der Waals surface area contributed by atoms with Gasteiger partial charge < -0.3 is 4.84 Å². The van der Waals surface area contributed by atoms with Crippen LogP contribution in [0.3, 0.4) is 0 Å². The van der Waals surface area contributed by atoms with E-state index in [-0.39, 0.29) is 5.97 Å². The minimum atomic E-state index is -0.353. The molecule has 0 aliphatic carbocycles. The van der Waals surface area contributed by atoms with Crippen LogP contribution in [0, 0.1) is 0 Å². The Labute approximate surface area is 67.4 Å². The molecule has 64 valence electrons. The molecule has 0 unspecified atom stereocenters. The van der Waals surface area contributed by atoms with E-state index in [4.69, 9.17) is 0 Å². The zero-order chi connectivity index (χ0) is 8.69. The smallest absolute Gasteiger partial charge is 0.352 e. The molecule has 0 saturated carbocycles. The zero-order valence-corrected chi connectivity index (χ0v) is 7.14. The molecule has 0 heterocycles. The number of nitrogens with one attached hydrogen (secondary N) is 1. The van der Waals surface area contributed by atoms with Gasteiger partial charge in [0.2, 0.25) is 0 Å². The van der Waals surface area contributed by atoms with Gasteiger partial charge in [-0.15, -0.1) is 0 Å². The van der Waals surface area contributed by atoms with Crippen LogP contribution in [0.2, 0.25) is 0 Å². The van der Waals surface area contributed by atoms with E-state index >= 15 is 0 Å². The Bertz CT molecular complexity index is 143. The average Bonchev–Trinajstić information content (AvgIpc) is 2.00. The van der Waals surface area contributed by atoms with Crippen molar-refractivity contribution in [3.05, 3.63) is 12.2 Å². The van der Waals surface area contributed by atoms with Crippen molar-refractivity contribution in [2.75, 3.05) is 6.54 Å². The monoisotopic (exact) mass is 157 g/mol. The highest BCUT2D eigenvalue weighted by atomic mass is 16.7. The first-order valence-electron chi connectivity index (χ1n) is 3.84. The first-order valence-corrected chi connectivity index (χ1v) is 3.84. The summed E-state index contributed by atoms with van der Waals surface area (Å²) in [6.45, 7) is 8.05. The molecule has 0 amide bonds. The fourth-order valence-corrected chi connectivity index (χ4v) is 0.614. The Morgan fingerprint density at radius 2 is 2.18 bits per heavy atom. The Morgan fingerprint density at radius 3 is 2.64 bits per heavy atom. The fraction of sp³-hybridized carbons (Fsp3) is 0.625. The Morgan fingerprint density at radius 1 is 1.55 bits per heavy atom. The van der Waals surface area contributed by atoms with Crippen molar-refractivity contribution in [3.63, 3.8) is 0 Å². The highest BCUT2D eigenvalue weighted by Gasteiger charge is 2.05. The summed E-state index contributed by atoms with van der Waals surface area (Å²) in [5.74, 6) is -0.353. The summed E-state index contributed by atoms with van der Waals surface area (Å²) in [7, 11) is 0. The zero-order valence-electron chi connectivity index (χ0n) is 7.14. The van der Waals surface area contributed by atoms with Crippen molar-refractivity contribution >= 4 is 5.97 Å². The summed E-state index contributed by atoms with van der Waals surface area (Å²) < 4.78 is 0. The summed E-state index contributed by atoms with van der Waals surface area (Å²) >= 11 is 0. The molecule has 0 fully saturated rings. The lowest BCUT2D eigenvalue weighted by Gasteiger charge is -2.03. The standard InChI is InChI=1S/C8H15NO2/c1-4-6-7(3)8(10)11-9-5-2/h9H,3-6H2,1-2H3. The first-order chi connectivity index (χ1) is 5.22. The number of rotatable bonds is 5. The van der Waals surface area contributed by atoms with Gasteiger partial charge in [-0.3, -0.25) is 0 Å². The van der Waals surface area contributed by atoms with E-state index in [2.05, 4.69) is 16.9 Å². The van der Waals surface area contributed by atoms with E-state index in [0.717, 1.165) is 6.42 Å². The predicted octanol–water partition coefficient (Wildman–Crippen LogP) is 1.41. The third-order valence-electron chi connectivity index (χ3n) is 1.15. The quantitative estimate of drug-likeness (QED) is 0.484. The minimum Gasteiger partial charge on any atom is -0.367 e. The van der Waals surface area contributed by atoms with Crippen LogP contribution in [0.5, 0.6) is 0 Å². The highest BCUT2D eigenvalue weighted by molar-refractivity contribution is 5.87. The first kappa shape index (κ1) is 10.2. The molecule has 0 aromatic carbocycles. The number of carbonyl (C=O) groups is 1. The number of hydroxylamine groups is 1. The molecule has 0 aliphatic rings. The maximum absolute atomic E-state index is 10.9. The largest absolute Gasteiger partial charge is 0.367 e. The Hall–Kier alpha value is -0.830. The molecule has 0 saturated heterocycles. The minimum absolute atomic E-state index is 0.353. The molecule has 0 aliphatic heterocycles. The van der Waals surface area contributed by atoms with Gasteiger partial charge in [0.25, 0.3) is 0 Å². The van der Waals surface area contributed by atoms with Gasteiger partial charge in [0.1, 0.15) is 0 Å². The van der Waals surface area contributed by atoms with Crippen LogP contribution in [-0.4, -0.2) is 12.5 Å². The Kier molecular flexibility index (Phi) is 5.47. The van der Waals surface area contributed by atoms with Crippen LogP contribution in [0.4, 0.5) is 0 Å². The van der Waals surface area contributed by atoms with Crippen LogP contribution in [0.25, 0.3) is 0 Å². The Balaban J connectivity index is 3.56. The van der Waals surface area contributed by atoms with Gasteiger partial charge >= 0.3 is 5.97 Å². The second-order valence-corrected chi connectivity index (χ2v) is 2.24. The van der Waals surface area contributed by atoms with Gasteiger partial charge in [0.15, 0.2) is 0 Å². The number of hydrogen-bond acceptors (Lipinski definition) is 3. The SMILES string of the molecule is C=C(CCC)C(=O)ONCC. The van der Waals surface area contributed by atoms with Crippen LogP contribution >= 0.6 is 0 Å². The van der Waals surface area contributed by atoms with Crippen molar-refractivity contribution < 1.29 is 9.63 Å². The molecule has 0 aromatic rings. The lowest BCUT2D eigenvalue weighted by molar-refractivity contribution is -0.146. The number of hydrogen-bond donors (Lipinski definition) is 1. The molecule has 11 heavy (non-hydrogen) atoms. The predicted molar refractivity (Wildman–Crippen MR) is 43.8 cm³/mol. The lowest BCUT2D eigenvalue weighted by Crippen LogP contribution is -2.20. The second-order valence-electron chi connectivity index (χ2n) is 2.24. The molecular weight excluding hydrogens is 142 g/mol. The molecule has 0 aromatic heterocycles. The lowest BCUT2D eigenvalue weighted by atomic mass is 10.2. The highest BCUT2D eigenvalue weighted by Crippen LogP contribution is 2.02. The van der Waals surface area contributed by atoms with Crippen molar-refractivity contribution in [2.24, 2.45) is 0 Å². The van der Waals surface area contributed by atoms with Gasteiger partial charge in [-0.1, -0.05) is 19.9 Å². The third-order valence-corrected chi connectivity index (χ3v) is 1.15. The summed E-state index contributed by atoms with van der Waals surface area (Å²) in [4.78, 5) is 15.5. The van der Waals surface area contributed by atoms with E-state index in [1.54, 1.807) is 0 Å². The topological polar surface area (TPSA) is 38.3 Å².